The van der Waals surface area contributed by atoms with Crippen molar-refractivity contribution in [3.8, 4) is 5.75 Å². The van der Waals surface area contributed by atoms with E-state index in [0.717, 1.165) is 19.4 Å². The molecular formula is C23H30N3O4+. The van der Waals surface area contributed by atoms with E-state index < -0.39 is 4.92 Å². The molecule has 2 N–H and O–H groups in total. The second-order valence-electron chi connectivity index (χ2n) is 8.27. The van der Waals surface area contributed by atoms with Gasteiger partial charge in [-0.2, -0.15) is 0 Å². The van der Waals surface area contributed by atoms with Gasteiger partial charge < -0.3 is 15.0 Å². The van der Waals surface area contributed by atoms with Crippen LogP contribution >= 0.6 is 0 Å². The number of benzene rings is 2. The number of nitro benzene ring substituents is 1. The summed E-state index contributed by atoms with van der Waals surface area (Å²) in [5.74, 6) is 0.650. The number of methoxy groups -OCH3 is 1. The summed E-state index contributed by atoms with van der Waals surface area (Å²) in [6.45, 7) is 7.07. The number of hydrogen-bond acceptors (Lipinski definition) is 4. The first-order chi connectivity index (χ1) is 14.3. The summed E-state index contributed by atoms with van der Waals surface area (Å²) in [5, 5.41) is 13.9. The summed E-state index contributed by atoms with van der Waals surface area (Å²) in [6, 6.07) is 13.1. The third-order valence-electron chi connectivity index (χ3n) is 5.76. The van der Waals surface area contributed by atoms with Gasteiger partial charge in [-0.25, -0.2) is 0 Å². The van der Waals surface area contributed by atoms with E-state index in [4.69, 9.17) is 4.74 Å². The Morgan fingerprint density at radius 2 is 1.87 bits per heavy atom. The number of amides is 1. The van der Waals surface area contributed by atoms with Crippen LogP contribution in [0.15, 0.2) is 42.5 Å². The van der Waals surface area contributed by atoms with E-state index in [1.54, 1.807) is 0 Å². The fraction of sp³-hybridized carbons (Fsp3) is 0.435. The highest BCUT2D eigenvalue weighted by Gasteiger charge is 2.39. The van der Waals surface area contributed by atoms with Gasteiger partial charge in [0.1, 0.15) is 12.3 Å². The third-order valence-corrected chi connectivity index (χ3v) is 5.76. The molecule has 1 fully saturated rings. The minimum atomic E-state index is -0.486. The molecule has 0 aromatic heterocycles. The predicted octanol–water partition coefficient (Wildman–Crippen LogP) is 3.30. The topological polar surface area (TPSA) is 85.9 Å². The SMILES string of the molecule is COc1cc([N+](=O)[O-])ccc1NC(=O)[C@H](C)[NH+](Cc1ccc(C(C)C)cc1)C1CC1. The molecule has 1 saturated carbocycles. The Bertz CT molecular complexity index is 907. The van der Waals surface area contributed by atoms with E-state index >= 15 is 0 Å². The van der Waals surface area contributed by atoms with Crippen molar-refractivity contribution in [3.05, 3.63) is 63.7 Å². The van der Waals surface area contributed by atoms with E-state index in [2.05, 4.69) is 43.4 Å². The van der Waals surface area contributed by atoms with Crippen LogP contribution in [0.1, 0.15) is 50.7 Å². The van der Waals surface area contributed by atoms with Crippen LogP contribution in [0.25, 0.3) is 0 Å². The van der Waals surface area contributed by atoms with Gasteiger partial charge in [-0.15, -0.1) is 0 Å². The van der Waals surface area contributed by atoms with Crippen LogP contribution in [-0.4, -0.2) is 30.0 Å². The Morgan fingerprint density at radius 1 is 1.20 bits per heavy atom. The van der Waals surface area contributed by atoms with E-state index in [1.807, 2.05) is 6.92 Å². The highest BCUT2D eigenvalue weighted by atomic mass is 16.6. The number of nitrogens with zero attached hydrogens (tertiary/aromatic N) is 1. The Kier molecular flexibility index (Phi) is 6.72. The second-order valence-corrected chi connectivity index (χ2v) is 8.27. The van der Waals surface area contributed by atoms with Gasteiger partial charge >= 0.3 is 0 Å². The molecule has 0 saturated heterocycles. The maximum absolute atomic E-state index is 13.0. The quantitative estimate of drug-likeness (QED) is 0.489. The molecule has 1 amide bonds. The largest absolute Gasteiger partial charge is 0.494 e. The highest BCUT2D eigenvalue weighted by molar-refractivity contribution is 5.95. The van der Waals surface area contributed by atoms with Crippen molar-refractivity contribution < 1.29 is 19.4 Å². The molecule has 2 aromatic rings. The molecule has 160 valence electrons. The van der Waals surface area contributed by atoms with Crippen LogP contribution in [0.3, 0.4) is 0 Å². The Hall–Kier alpha value is -2.93. The van der Waals surface area contributed by atoms with Crippen molar-refractivity contribution in [1.82, 2.24) is 0 Å². The average Bonchev–Trinajstić information content (AvgIpc) is 3.57. The lowest BCUT2D eigenvalue weighted by atomic mass is 10.0. The van der Waals surface area contributed by atoms with Gasteiger partial charge in [0.25, 0.3) is 11.6 Å². The summed E-state index contributed by atoms with van der Waals surface area (Å²) in [4.78, 5) is 24.7. The molecule has 2 aromatic carbocycles. The molecular weight excluding hydrogens is 382 g/mol. The van der Waals surface area contributed by atoms with E-state index in [1.165, 1.54) is 41.3 Å². The van der Waals surface area contributed by atoms with Crippen LogP contribution in [0.4, 0.5) is 11.4 Å². The molecule has 0 bridgehead atoms. The lowest BCUT2D eigenvalue weighted by Crippen LogP contribution is -3.16. The number of ether oxygens (including phenoxy) is 1. The molecule has 0 heterocycles. The fourth-order valence-corrected chi connectivity index (χ4v) is 3.67. The maximum atomic E-state index is 13.0. The number of anilines is 1. The van der Waals surface area contributed by atoms with Gasteiger partial charge in [0, 0.05) is 24.5 Å². The average molecular weight is 413 g/mol. The number of non-ortho nitro benzene ring substituents is 1. The summed E-state index contributed by atoms with van der Waals surface area (Å²) in [6.07, 6.45) is 2.25. The molecule has 0 radical (unpaired) electrons. The molecule has 0 aliphatic heterocycles. The van der Waals surface area contributed by atoms with Gasteiger partial charge in [-0.1, -0.05) is 38.1 Å². The van der Waals surface area contributed by atoms with Crippen LogP contribution in [-0.2, 0) is 11.3 Å². The molecule has 0 spiro atoms. The van der Waals surface area contributed by atoms with Crippen molar-refractivity contribution in [1.29, 1.82) is 0 Å². The lowest BCUT2D eigenvalue weighted by Gasteiger charge is -2.26. The number of nitro groups is 1. The Morgan fingerprint density at radius 3 is 2.40 bits per heavy atom. The van der Waals surface area contributed by atoms with Crippen LogP contribution in [0, 0.1) is 10.1 Å². The number of rotatable bonds is 9. The third kappa shape index (κ3) is 5.16. The molecule has 30 heavy (non-hydrogen) atoms. The monoisotopic (exact) mass is 412 g/mol. The van der Waals surface area contributed by atoms with Gasteiger partial charge in [0.2, 0.25) is 0 Å². The highest BCUT2D eigenvalue weighted by Crippen LogP contribution is 2.29. The van der Waals surface area contributed by atoms with Gasteiger partial charge in [0.15, 0.2) is 6.04 Å². The second kappa shape index (κ2) is 9.26. The number of quaternary nitrogens is 1. The molecule has 3 rings (SSSR count). The zero-order valence-electron chi connectivity index (χ0n) is 18.0. The minimum Gasteiger partial charge on any atom is -0.494 e. The fourth-order valence-electron chi connectivity index (χ4n) is 3.67. The molecule has 7 nitrogen and oxygen atoms in total. The molecule has 1 aliphatic carbocycles. The number of hydrogen-bond donors (Lipinski definition) is 2. The summed E-state index contributed by atoms with van der Waals surface area (Å²) in [5.41, 5.74) is 2.89. The van der Waals surface area contributed by atoms with Crippen molar-refractivity contribution in [2.24, 2.45) is 0 Å². The number of nitrogens with one attached hydrogen (secondary N) is 2. The standard InChI is InChI=1S/C23H29N3O4/c1-15(2)18-7-5-17(6-8-18)14-25(19-9-10-19)16(3)23(27)24-21-12-11-20(26(28)29)13-22(21)30-4/h5-8,11-13,15-16,19H,9-10,14H2,1-4H3,(H,24,27)/p+1/t16-/m0/s1. The number of carbonyl (C=O) groups excluding carboxylic acids is 1. The normalized spacial score (nSPS) is 15.5. The van der Waals surface area contributed by atoms with Crippen LogP contribution in [0.5, 0.6) is 5.75 Å². The van der Waals surface area contributed by atoms with Crippen molar-refractivity contribution in [3.63, 3.8) is 0 Å². The van der Waals surface area contributed by atoms with E-state index in [-0.39, 0.29) is 23.4 Å². The summed E-state index contributed by atoms with van der Waals surface area (Å²) in [7, 11) is 1.43. The maximum Gasteiger partial charge on any atom is 0.282 e. The zero-order valence-corrected chi connectivity index (χ0v) is 18.0. The zero-order chi connectivity index (χ0) is 21.8. The smallest absolute Gasteiger partial charge is 0.282 e. The number of carbonyl (C=O) groups is 1. The molecule has 1 aliphatic rings. The lowest BCUT2D eigenvalue weighted by molar-refractivity contribution is -0.938. The first kappa shape index (κ1) is 21.8. The van der Waals surface area contributed by atoms with Crippen LogP contribution in [0.2, 0.25) is 0 Å². The molecule has 1 unspecified atom stereocenters. The van der Waals surface area contributed by atoms with Crippen LogP contribution < -0.4 is 15.0 Å². The Labute approximate surface area is 177 Å². The minimum absolute atomic E-state index is 0.0760. The molecule has 2 atom stereocenters. The van der Waals surface area contributed by atoms with Crippen molar-refractivity contribution in [2.75, 3.05) is 12.4 Å². The Balaban J connectivity index is 1.72. The van der Waals surface area contributed by atoms with E-state index in [9.17, 15) is 14.9 Å². The van der Waals surface area contributed by atoms with Crippen molar-refractivity contribution in [2.45, 2.75) is 58.2 Å². The summed E-state index contributed by atoms with van der Waals surface area (Å²) >= 11 is 0. The molecule has 7 heteroatoms. The van der Waals surface area contributed by atoms with Gasteiger partial charge in [-0.3, -0.25) is 14.9 Å². The predicted molar refractivity (Wildman–Crippen MR) is 116 cm³/mol. The van der Waals surface area contributed by atoms with Gasteiger partial charge in [-0.05, 0) is 24.5 Å². The first-order valence-electron chi connectivity index (χ1n) is 10.4. The van der Waals surface area contributed by atoms with Gasteiger partial charge in [0.05, 0.1) is 29.8 Å². The first-order valence-corrected chi connectivity index (χ1v) is 10.4. The van der Waals surface area contributed by atoms with E-state index in [0.29, 0.717) is 17.6 Å². The summed E-state index contributed by atoms with van der Waals surface area (Å²) < 4.78 is 5.24. The van der Waals surface area contributed by atoms with Crippen molar-refractivity contribution >= 4 is 17.3 Å².